The van der Waals surface area contributed by atoms with E-state index < -0.39 is 0 Å². The van der Waals surface area contributed by atoms with Gasteiger partial charge in [0, 0.05) is 11.5 Å². The molecule has 3 heterocycles. The molecule has 3 aromatic rings. The number of nitrogens with zero attached hydrogens (tertiary/aromatic N) is 2. The number of H-pyrrole nitrogens is 1. The van der Waals surface area contributed by atoms with Crippen LogP contribution in [-0.4, -0.2) is 28.0 Å². The first-order valence-electron chi connectivity index (χ1n) is 8.06. The number of piperidine rings is 1. The number of aryl methyl sites for hydroxylation is 1. The molecule has 0 saturated carbocycles. The van der Waals surface area contributed by atoms with Crippen molar-refractivity contribution in [3.05, 3.63) is 47.7 Å². The van der Waals surface area contributed by atoms with Crippen LogP contribution in [0.15, 0.2) is 30.3 Å². The summed E-state index contributed by atoms with van der Waals surface area (Å²) in [6.45, 7) is 3.78. The first-order valence-corrected chi connectivity index (χ1v) is 8.06. The fraction of sp³-hybridized carbons (Fsp3) is 0.333. The van der Waals surface area contributed by atoms with Gasteiger partial charge in [-0.1, -0.05) is 30.3 Å². The van der Waals surface area contributed by atoms with Crippen LogP contribution >= 0.6 is 0 Å². The summed E-state index contributed by atoms with van der Waals surface area (Å²) >= 11 is 0. The van der Waals surface area contributed by atoms with E-state index in [4.69, 9.17) is 0 Å². The molecule has 0 spiro atoms. The van der Waals surface area contributed by atoms with Crippen LogP contribution in [0.2, 0.25) is 0 Å². The normalized spacial score (nSPS) is 16.1. The minimum absolute atomic E-state index is 0.285. The Bertz CT molecular complexity index is 835. The molecule has 1 aromatic carbocycles. The van der Waals surface area contributed by atoms with Crippen LogP contribution in [0.4, 0.5) is 4.39 Å². The van der Waals surface area contributed by atoms with Gasteiger partial charge in [-0.3, -0.25) is 0 Å². The molecule has 1 aliphatic rings. The molecule has 0 atom stereocenters. The molecule has 0 radical (unpaired) electrons. The Balaban J connectivity index is 1.91. The summed E-state index contributed by atoms with van der Waals surface area (Å²) in [4.78, 5) is 12.2. The molecule has 0 unspecified atom stereocenters. The van der Waals surface area contributed by atoms with E-state index in [0.717, 1.165) is 42.7 Å². The number of nitrogens with one attached hydrogen (secondary N) is 2. The Labute approximate surface area is 134 Å². The molecule has 0 amide bonds. The number of halogens is 1. The lowest BCUT2D eigenvalue weighted by Gasteiger charge is -2.22. The zero-order valence-electron chi connectivity index (χ0n) is 13.1. The highest BCUT2D eigenvalue weighted by molar-refractivity contribution is 5.85. The minimum atomic E-state index is -0.285. The van der Waals surface area contributed by atoms with Crippen molar-refractivity contribution in [3.63, 3.8) is 0 Å². The molecule has 2 N–H and O–H groups in total. The van der Waals surface area contributed by atoms with Crippen molar-refractivity contribution in [2.45, 2.75) is 25.7 Å². The predicted molar refractivity (Wildman–Crippen MR) is 88.9 cm³/mol. The molecular weight excluding hydrogens is 291 g/mol. The van der Waals surface area contributed by atoms with Gasteiger partial charge in [-0.05, 0) is 32.9 Å². The van der Waals surface area contributed by atoms with Gasteiger partial charge >= 0.3 is 0 Å². The Hall–Kier alpha value is -2.27. The molecule has 5 heteroatoms. The van der Waals surface area contributed by atoms with Gasteiger partial charge in [-0.2, -0.15) is 0 Å². The average molecular weight is 310 g/mol. The molecule has 4 nitrogen and oxygen atoms in total. The van der Waals surface area contributed by atoms with Crippen molar-refractivity contribution in [1.29, 1.82) is 0 Å². The van der Waals surface area contributed by atoms with E-state index in [2.05, 4.69) is 20.3 Å². The minimum Gasteiger partial charge on any atom is -0.349 e. The number of hydrogen-bond donors (Lipinski definition) is 2. The lowest BCUT2D eigenvalue weighted by atomic mass is 9.93. The second kappa shape index (κ2) is 5.74. The van der Waals surface area contributed by atoms with E-state index in [-0.39, 0.29) is 5.82 Å². The van der Waals surface area contributed by atoms with Gasteiger partial charge in [0.2, 0.25) is 0 Å². The third-order valence-corrected chi connectivity index (χ3v) is 4.51. The summed E-state index contributed by atoms with van der Waals surface area (Å²) < 4.78 is 14.9. The highest BCUT2D eigenvalue weighted by atomic mass is 19.1. The van der Waals surface area contributed by atoms with Crippen molar-refractivity contribution < 1.29 is 4.39 Å². The summed E-state index contributed by atoms with van der Waals surface area (Å²) in [6.07, 6.45) is 2.04. The van der Waals surface area contributed by atoms with Gasteiger partial charge in [0.05, 0.1) is 16.9 Å². The molecule has 4 rings (SSSR count). The largest absolute Gasteiger partial charge is 0.349 e. The Kier molecular flexibility index (Phi) is 3.58. The Morgan fingerprint density at radius 3 is 2.57 bits per heavy atom. The number of benzene rings is 1. The smallest absolute Gasteiger partial charge is 0.175 e. The number of hydrogen-bond acceptors (Lipinski definition) is 3. The monoisotopic (exact) mass is 310 g/mol. The third-order valence-electron chi connectivity index (χ3n) is 4.51. The average Bonchev–Trinajstić information content (AvgIpc) is 2.93. The standard InChI is InChI=1S/C18H19FN4/c1-11-21-16(13-7-9-20-10-8-13)18-17(22-11)14(19)15(23-18)12-5-3-2-4-6-12/h2-6,13,20,23H,7-10H2,1H3. The lowest BCUT2D eigenvalue weighted by molar-refractivity contribution is 0.454. The van der Waals surface area contributed by atoms with E-state index in [1.165, 1.54) is 0 Å². The number of aromatic nitrogens is 3. The van der Waals surface area contributed by atoms with E-state index in [0.29, 0.717) is 23.0 Å². The summed E-state index contributed by atoms with van der Waals surface area (Å²) in [5.41, 5.74) is 3.44. The van der Waals surface area contributed by atoms with Gasteiger partial charge in [-0.25, -0.2) is 14.4 Å². The maximum atomic E-state index is 14.9. The summed E-state index contributed by atoms with van der Waals surface area (Å²) in [6, 6.07) is 9.54. The van der Waals surface area contributed by atoms with E-state index in [9.17, 15) is 4.39 Å². The second-order valence-corrected chi connectivity index (χ2v) is 6.08. The summed E-state index contributed by atoms with van der Waals surface area (Å²) in [5, 5.41) is 3.36. The van der Waals surface area contributed by atoms with E-state index >= 15 is 0 Å². The van der Waals surface area contributed by atoms with Crippen molar-refractivity contribution in [3.8, 4) is 11.3 Å². The fourth-order valence-electron chi connectivity index (χ4n) is 3.37. The van der Waals surface area contributed by atoms with Crippen molar-refractivity contribution in [1.82, 2.24) is 20.3 Å². The van der Waals surface area contributed by atoms with E-state index in [1.807, 2.05) is 37.3 Å². The van der Waals surface area contributed by atoms with Crippen LogP contribution in [-0.2, 0) is 0 Å². The van der Waals surface area contributed by atoms with Gasteiger partial charge in [0.1, 0.15) is 11.3 Å². The van der Waals surface area contributed by atoms with Crippen molar-refractivity contribution >= 4 is 11.0 Å². The second-order valence-electron chi connectivity index (χ2n) is 6.08. The fourth-order valence-corrected chi connectivity index (χ4v) is 3.37. The van der Waals surface area contributed by atoms with Crippen LogP contribution in [0.1, 0.15) is 30.3 Å². The molecule has 1 fully saturated rings. The quantitative estimate of drug-likeness (QED) is 0.761. The Morgan fingerprint density at radius 1 is 1.09 bits per heavy atom. The van der Waals surface area contributed by atoms with Gasteiger partial charge in [-0.15, -0.1) is 0 Å². The maximum Gasteiger partial charge on any atom is 0.175 e. The molecule has 1 aliphatic heterocycles. The van der Waals surface area contributed by atoms with Crippen LogP contribution in [0.5, 0.6) is 0 Å². The molecule has 0 bridgehead atoms. The molecule has 118 valence electrons. The molecule has 23 heavy (non-hydrogen) atoms. The van der Waals surface area contributed by atoms with Crippen LogP contribution in [0.3, 0.4) is 0 Å². The first kappa shape index (κ1) is 14.3. The first-order chi connectivity index (χ1) is 11.2. The van der Waals surface area contributed by atoms with Crippen molar-refractivity contribution in [2.75, 3.05) is 13.1 Å². The highest BCUT2D eigenvalue weighted by Crippen LogP contribution is 2.33. The number of aromatic amines is 1. The molecule has 1 saturated heterocycles. The van der Waals surface area contributed by atoms with Gasteiger partial charge in [0.15, 0.2) is 5.82 Å². The SMILES string of the molecule is Cc1nc(C2CCNCC2)c2[nH]c(-c3ccccc3)c(F)c2n1. The number of rotatable bonds is 2. The highest BCUT2D eigenvalue weighted by Gasteiger charge is 2.24. The maximum absolute atomic E-state index is 14.9. The molecule has 2 aromatic heterocycles. The number of fused-ring (bicyclic) bond motifs is 1. The Morgan fingerprint density at radius 2 is 1.83 bits per heavy atom. The van der Waals surface area contributed by atoms with Crippen molar-refractivity contribution in [2.24, 2.45) is 0 Å². The molecular formula is C18H19FN4. The van der Waals surface area contributed by atoms with Crippen LogP contribution in [0, 0.1) is 12.7 Å². The predicted octanol–water partition coefficient (Wildman–Crippen LogP) is 3.54. The summed E-state index contributed by atoms with van der Waals surface area (Å²) in [5.74, 6) is 0.692. The van der Waals surface area contributed by atoms with Gasteiger partial charge < -0.3 is 10.3 Å². The topological polar surface area (TPSA) is 53.6 Å². The lowest BCUT2D eigenvalue weighted by Crippen LogP contribution is -2.27. The van der Waals surface area contributed by atoms with Crippen LogP contribution < -0.4 is 5.32 Å². The zero-order chi connectivity index (χ0) is 15.8. The zero-order valence-corrected chi connectivity index (χ0v) is 13.1. The van der Waals surface area contributed by atoms with Crippen LogP contribution in [0.25, 0.3) is 22.3 Å². The van der Waals surface area contributed by atoms with Gasteiger partial charge in [0.25, 0.3) is 0 Å². The summed E-state index contributed by atoms with van der Waals surface area (Å²) in [7, 11) is 0. The molecule has 0 aliphatic carbocycles. The van der Waals surface area contributed by atoms with E-state index in [1.54, 1.807) is 0 Å². The third kappa shape index (κ3) is 2.51.